The highest BCUT2D eigenvalue weighted by Gasteiger charge is 2.18. The topological polar surface area (TPSA) is 64.0 Å². The van der Waals surface area contributed by atoms with Gasteiger partial charge < -0.3 is 5.32 Å². The van der Waals surface area contributed by atoms with E-state index in [1.165, 1.54) is 4.68 Å². The van der Waals surface area contributed by atoms with Crippen LogP contribution < -0.4 is 10.9 Å². The minimum absolute atomic E-state index is 0.147. The van der Waals surface area contributed by atoms with E-state index in [0.717, 1.165) is 27.1 Å². The molecule has 0 unspecified atom stereocenters. The molecule has 1 N–H and O–H groups in total. The number of amides is 1. The molecule has 2 aromatic carbocycles. The SMILES string of the molecule is CC(C)c1cccc(C(C)C)c1NC(=O)Cn1nc(-c2cccs2)c2ccccc2c1=O. The molecule has 32 heavy (non-hydrogen) atoms. The maximum absolute atomic E-state index is 13.1. The molecule has 2 aromatic heterocycles. The first-order chi connectivity index (χ1) is 15.4. The third-order valence-corrected chi connectivity index (χ3v) is 6.43. The Kier molecular flexibility index (Phi) is 6.24. The number of aromatic nitrogens is 2. The van der Waals surface area contributed by atoms with Crippen LogP contribution in [0.5, 0.6) is 0 Å². The second-order valence-corrected chi connectivity index (χ2v) is 9.45. The number of anilines is 1. The minimum atomic E-state index is -0.266. The molecule has 0 atom stereocenters. The van der Waals surface area contributed by atoms with Crippen molar-refractivity contribution in [3.05, 3.63) is 81.5 Å². The van der Waals surface area contributed by atoms with E-state index in [-0.39, 0.29) is 29.8 Å². The quantitative estimate of drug-likeness (QED) is 0.395. The average molecular weight is 446 g/mol. The molecule has 6 heteroatoms. The number of thiophene rings is 1. The summed E-state index contributed by atoms with van der Waals surface area (Å²) in [6, 6.07) is 17.5. The van der Waals surface area contributed by atoms with E-state index in [1.807, 2.05) is 53.9 Å². The van der Waals surface area contributed by atoms with Gasteiger partial charge in [-0.05, 0) is 40.5 Å². The van der Waals surface area contributed by atoms with Gasteiger partial charge in [-0.25, -0.2) is 4.68 Å². The van der Waals surface area contributed by atoms with Crippen LogP contribution in [0.25, 0.3) is 21.3 Å². The Labute approximate surface area is 191 Å². The smallest absolute Gasteiger partial charge is 0.275 e. The second kappa shape index (κ2) is 9.09. The zero-order valence-electron chi connectivity index (χ0n) is 18.8. The number of rotatable bonds is 6. The lowest BCUT2D eigenvalue weighted by atomic mass is 9.92. The normalized spacial score (nSPS) is 11.4. The molecule has 4 rings (SSSR count). The summed E-state index contributed by atoms with van der Waals surface area (Å²) in [5, 5.41) is 11.0. The molecule has 0 spiro atoms. The molecule has 0 bridgehead atoms. The Balaban J connectivity index is 1.73. The summed E-state index contributed by atoms with van der Waals surface area (Å²) in [5.74, 6) is 0.258. The monoisotopic (exact) mass is 445 g/mol. The molecule has 164 valence electrons. The first-order valence-corrected chi connectivity index (χ1v) is 11.7. The molecular weight excluding hydrogens is 418 g/mol. The van der Waals surface area contributed by atoms with Crippen LogP contribution in [0.15, 0.2) is 64.8 Å². The summed E-state index contributed by atoms with van der Waals surface area (Å²) >= 11 is 1.56. The van der Waals surface area contributed by atoms with Crippen LogP contribution in [-0.2, 0) is 11.3 Å². The van der Waals surface area contributed by atoms with Gasteiger partial charge in [0.25, 0.3) is 5.56 Å². The summed E-state index contributed by atoms with van der Waals surface area (Å²) in [4.78, 5) is 27.2. The van der Waals surface area contributed by atoms with Gasteiger partial charge in [0.05, 0.1) is 10.3 Å². The van der Waals surface area contributed by atoms with Gasteiger partial charge in [-0.3, -0.25) is 9.59 Å². The van der Waals surface area contributed by atoms with Crippen molar-refractivity contribution >= 4 is 33.7 Å². The van der Waals surface area contributed by atoms with Gasteiger partial charge in [0, 0.05) is 11.1 Å². The zero-order chi connectivity index (χ0) is 22.8. The molecule has 1 amide bonds. The van der Waals surface area contributed by atoms with E-state index in [0.29, 0.717) is 11.1 Å². The molecule has 0 saturated heterocycles. The van der Waals surface area contributed by atoms with Crippen molar-refractivity contribution in [2.24, 2.45) is 0 Å². The fourth-order valence-electron chi connectivity index (χ4n) is 3.95. The summed E-state index contributed by atoms with van der Waals surface area (Å²) in [6.45, 7) is 8.29. The Morgan fingerprint density at radius 1 is 0.938 bits per heavy atom. The van der Waals surface area contributed by atoms with Crippen molar-refractivity contribution in [2.45, 2.75) is 46.1 Å². The van der Waals surface area contributed by atoms with Gasteiger partial charge in [0.1, 0.15) is 12.2 Å². The number of hydrogen-bond acceptors (Lipinski definition) is 4. The molecule has 0 aliphatic rings. The lowest BCUT2D eigenvalue weighted by molar-refractivity contribution is -0.117. The lowest BCUT2D eigenvalue weighted by Gasteiger charge is -2.20. The van der Waals surface area contributed by atoms with Crippen LogP contribution in [0, 0.1) is 0 Å². The number of fused-ring (bicyclic) bond motifs is 1. The van der Waals surface area contributed by atoms with E-state index in [1.54, 1.807) is 17.4 Å². The van der Waals surface area contributed by atoms with Gasteiger partial charge in [0.2, 0.25) is 5.91 Å². The van der Waals surface area contributed by atoms with Gasteiger partial charge in [-0.1, -0.05) is 70.2 Å². The highest BCUT2D eigenvalue weighted by atomic mass is 32.1. The van der Waals surface area contributed by atoms with Crippen LogP contribution in [0.2, 0.25) is 0 Å². The Morgan fingerprint density at radius 2 is 1.59 bits per heavy atom. The van der Waals surface area contributed by atoms with Crippen LogP contribution in [0.3, 0.4) is 0 Å². The molecule has 0 fully saturated rings. The van der Waals surface area contributed by atoms with Gasteiger partial charge in [0.15, 0.2) is 0 Å². The van der Waals surface area contributed by atoms with Crippen LogP contribution in [0.4, 0.5) is 5.69 Å². The number of carbonyl (C=O) groups is 1. The molecule has 2 heterocycles. The van der Waals surface area contributed by atoms with E-state index >= 15 is 0 Å². The average Bonchev–Trinajstić information content (AvgIpc) is 3.30. The minimum Gasteiger partial charge on any atom is -0.324 e. The van der Waals surface area contributed by atoms with Crippen molar-refractivity contribution in [2.75, 3.05) is 5.32 Å². The summed E-state index contributed by atoms with van der Waals surface area (Å²) in [7, 11) is 0. The molecular formula is C26H27N3O2S. The highest BCUT2D eigenvalue weighted by Crippen LogP contribution is 2.32. The maximum Gasteiger partial charge on any atom is 0.275 e. The largest absolute Gasteiger partial charge is 0.324 e. The Hall–Kier alpha value is -3.25. The van der Waals surface area contributed by atoms with E-state index < -0.39 is 0 Å². The second-order valence-electron chi connectivity index (χ2n) is 8.50. The summed E-state index contributed by atoms with van der Waals surface area (Å²) < 4.78 is 1.28. The first-order valence-electron chi connectivity index (χ1n) is 10.8. The standard InChI is InChI=1S/C26H27N3O2S/c1-16(2)18-11-7-12-19(17(3)4)24(18)27-23(30)15-29-26(31)21-10-6-5-9-20(21)25(28-29)22-13-8-14-32-22/h5-14,16-17H,15H2,1-4H3,(H,27,30). The van der Waals surface area contributed by atoms with Crippen LogP contribution >= 0.6 is 11.3 Å². The molecule has 4 aromatic rings. The predicted molar refractivity (Wildman–Crippen MR) is 133 cm³/mol. The van der Waals surface area contributed by atoms with Gasteiger partial charge in [-0.2, -0.15) is 5.10 Å². The Bertz CT molecular complexity index is 1290. The van der Waals surface area contributed by atoms with Crippen LogP contribution in [0.1, 0.15) is 50.7 Å². The molecule has 5 nitrogen and oxygen atoms in total. The number of hydrogen-bond donors (Lipinski definition) is 1. The van der Waals surface area contributed by atoms with Crippen LogP contribution in [-0.4, -0.2) is 15.7 Å². The summed E-state index contributed by atoms with van der Waals surface area (Å²) in [5.41, 5.74) is 3.46. The number of nitrogens with one attached hydrogen (secondary N) is 1. The van der Waals surface area contributed by atoms with Crippen molar-refractivity contribution < 1.29 is 4.79 Å². The Morgan fingerprint density at radius 3 is 2.19 bits per heavy atom. The van der Waals surface area contributed by atoms with Crippen molar-refractivity contribution in [3.8, 4) is 10.6 Å². The molecule has 0 saturated carbocycles. The highest BCUT2D eigenvalue weighted by molar-refractivity contribution is 7.13. The number of para-hydroxylation sites is 1. The number of nitrogens with zero attached hydrogens (tertiary/aromatic N) is 2. The van der Waals surface area contributed by atoms with E-state index in [2.05, 4.69) is 38.1 Å². The fraction of sp³-hybridized carbons (Fsp3) is 0.269. The van der Waals surface area contributed by atoms with Crippen molar-refractivity contribution in [1.29, 1.82) is 0 Å². The fourth-order valence-corrected chi connectivity index (χ4v) is 4.67. The molecule has 0 aliphatic carbocycles. The third kappa shape index (κ3) is 4.23. The van der Waals surface area contributed by atoms with Crippen molar-refractivity contribution in [1.82, 2.24) is 9.78 Å². The third-order valence-electron chi connectivity index (χ3n) is 5.55. The van der Waals surface area contributed by atoms with Gasteiger partial charge in [-0.15, -0.1) is 11.3 Å². The van der Waals surface area contributed by atoms with E-state index in [9.17, 15) is 9.59 Å². The molecule has 0 radical (unpaired) electrons. The lowest BCUT2D eigenvalue weighted by Crippen LogP contribution is -2.30. The van der Waals surface area contributed by atoms with Crippen molar-refractivity contribution in [3.63, 3.8) is 0 Å². The first kappa shape index (κ1) is 22.0. The number of carbonyl (C=O) groups excluding carboxylic acids is 1. The zero-order valence-corrected chi connectivity index (χ0v) is 19.6. The number of benzene rings is 2. The van der Waals surface area contributed by atoms with E-state index in [4.69, 9.17) is 0 Å². The predicted octanol–water partition coefficient (Wildman–Crippen LogP) is 6.01. The van der Waals surface area contributed by atoms with Gasteiger partial charge >= 0.3 is 0 Å². The summed E-state index contributed by atoms with van der Waals surface area (Å²) in [6.07, 6.45) is 0. The maximum atomic E-state index is 13.1. The molecule has 0 aliphatic heterocycles.